The van der Waals surface area contributed by atoms with Gasteiger partial charge in [-0.25, -0.2) is 9.97 Å². The summed E-state index contributed by atoms with van der Waals surface area (Å²) in [6, 6.07) is 0.292. The van der Waals surface area contributed by atoms with Crippen LogP contribution in [0.25, 0.3) is 0 Å². The predicted octanol–water partition coefficient (Wildman–Crippen LogP) is 1.61. The van der Waals surface area contributed by atoms with Crippen LogP contribution in [0.4, 0.5) is 11.6 Å². The number of anilines is 2. The summed E-state index contributed by atoms with van der Waals surface area (Å²) in [4.78, 5) is 10.4. The van der Waals surface area contributed by atoms with E-state index in [2.05, 4.69) is 27.1 Å². The van der Waals surface area contributed by atoms with Gasteiger partial charge in [-0.2, -0.15) is 0 Å². The summed E-state index contributed by atoms with van der Waals surface area (Å²) >= 11 is 6.03. The highest BCUT2D eigenvalue weighted by Gasteiger charge is 2.16. The first-order chi connectivity index (χ1) is 8.16. The highest BCUT2D eigenvalue weighted by Crippen LogP contribution is 2.23. The summed E-state index contributed by atoms with van der Waals surface area (Å²) in [5.74, 6) is 0.934. The lowest BCUT2D eigenvalue weighted by molar-refractivity contribution is 0.327. The van der Waals surface area contributed by atoms with E-state index >= 15 is 0 Å². The molecular formula is C11H18ClN5. The van der Waals surface area contributed by atoms with Gasteiger partial charge in [0.1, 0.15) is 17.2 Å². The molecule has 0 aromatic carbocycles. The molecule has 1 fully saturated rings. The van der Waals surface area contributed by atoms with Gasteiger partial charge in [-0.15, -0.1) is 0 Å². The number of nitrogens with one attached hydrogen (secondary N) is 1. The third-order valence-electron chi connectivity index (χ3n) is 2.93. The molecule has 1 aliphatic heterocycles. The smallest absolute Gasteiger partial charge is 0.150 e. The normalized spacial score (nSPS) is 18.2. The topological polar surface area (TPSA) is 67.1 Å². The zero-order chi connectivity index (χ0) is 12.3. The Labute approximate surface area is 106 Å². The summed E-state index contributed by atoms with van der Waals surface area (Å²) in [6.45, 7) is 5.49. The lowest BCUT2D eigenvalue weighted by atomic mass is 10.3. The van der Waals surface area contributed by atoms with E-state index in [-0.39, 0.29) is 0 Å². The first-order valence-corrected chi connectivity index (χ1v) is 6.29. The number of nitrogens with two attached hydrogens (primary N) is 1. The van der Waals surface area contributed by atoms with Gasteiger partial charge in [0, 0.05) is 12.6 Å². The Balaban J connectivity index is 1.93. The molecule has 1 aliphatic rings. The third kappa shape index (κ3) is 3.20. The van der Waals surface area contributed by atoms with Gasteiger partial charge in [0.05, 0.1) is 0 Å². The predicted molar refractivity (Wildman–Crippen MR) is 70.2 cm³/mol. The van der Waals surface area contributed by atoms with Crippen LogP contribution in [0.5, 0.6) is 0 Å². The molecule has 0 spiro atoms. The Bertz CT molecular complexity index is 378. The second-order valence-electron chi connectivity index (χ2n) is 4.47. The van der Waals surface area contributed by atoms with Crippen molar-refractivity contribution >= 4 is 23.2 Å². The van der Waals surface area contributed by atoms with Crippen molar-refractivity contribution in [2.75, 3.05) is 30.7 Å². The Kier molecular flexibility index (Phi) is 4.02. The molecule has 2 rings (SSSR count). The monoisotopic (exact) mass is 255 g/mol. The van der Waals surface area contributed by atoms with Crippen molar-refractivity contribution in [2.24, 2.45) is 0 Å². The van der Waals surface area contributed by atoms with Crippen LogP contribution in [-0.2, 0) is 0 Å². The van der Waals surface area contributed by atoms with E-state index in [1.165, 1.54) is 32.3 Å². The molecule has 0 amide bonds. The van der Waals surface area contributed by atoms with Gasteiger partial charge in [-0.1, -0.05) is 11.6 Å². The van der Waals surface area contributed by atoms with E-state index in [4.69, 9.17) is 17.3 Å². The molecule has 0 saturated carbocycles. The van der Waals surface area contributed by atoms with Crippen molar-refractivity contribution in [1.82, 2.24) is 14.9 Å². The standard InChI is InChI=1S/C11H18ClN5/c1-8(6-17-4-2-3-5-17)16-11-9(12)10(13)14-7-15-11/h7-8H,2-6H2,1H3,(H3,13,14,15,16). The fraction of sp³-hybridized carbons (Fsp3) is 0.636. The largest absolute Gasteiger partial charge is 0.382 e. The van der Waals surface area contributed by atoms with Crippen LogP contribution in [0.3, 0.4) is 0 Å². The lowest BCUT2D eigenvalue weighted by Crippen LogP contribution is -2.33. The molecule has 1 aromatic heterocycles. The SMILES string of the molecule is CC(CN1CCCC1)Nc1ncnc(N)c1Cl. The van der Waals surface area contributed by atoms with Crippen molar-refractivity contribution in [1.29, 1.82) is 0 Å². The molecule has 0 bridgehead atoms. The van der Waals surface area contributed by atoms with Crippen LogP contribution < -0.4 is 11.1 Å². The minimum Gasteiger partial charge on any atom is -0.382 e. The molecule has 5 nitrogen and oxygen atoms in total. The summed E-state index contributed by atoms with van der Waals surface area (Å²) in [5.41, 5.74) is 5.63. The molecule has 1 atom stereocenters. The molecular weight excluding hydrogens is 238 g/mol. The molecule has 17 heavy (non-hydrogen) atoms. The van der Waals surface area contributed by atoms with Crippen LogP contribution in [-0.4, -0.2) is 40.5 Å². The maximum Gasteiger partial charge on any atom is 0.150 e. The first kappa shape index (κ1) is 12.4. The molecule has 3 N–H and O–H groups in total. The number of likely N-dealkylation sites (tertiary alicyclic amines) is 1. The zero-order valence-corrected chi connectivity index (χ0v) is 10.7. The Morgan fingerprint density at radius 2 is 2.18 bits per heavy atom. The molecule has 94 valence electrons. The lowest BCUT2D eigenvalue weighted by Gasteiger charge is -2.22. The fourth-order valence-corrected chi connectivity index (χ4v) is 2.27. The van der Waals surface area contributed by atoms with Gasteiger partial charge in [-0.3, -0.25) is 0 Å². The number of aromatic nitrogens is 2. The first-order valence-electron chi connectivity index (χ1n) is 5.91. The highest BCUT2D eigenvalue weighted by molar-refractivity contribution is 6.35. The third-order valence-corrected chi connectivity index (χ3v) is 3.30. The van der Waals surface area contributed by atoms with Crippen LogP contribution in [0.1, 0.15) is 19.8 Å². The van der Waals surface area contributed by atoms with Crippen LogP contribution in [0.2, 0.25) is 5.02 Å². The summed E-state index contributed by atoms with van der Waals surface area (Å²) in [5, 5.41) is 3.68. The number of hydrogen-bond donors (Lipinski definition) is 2. The van der Waals surface area contributed by atoms with Crippen molar-refractivity contribution in [2.45, 2.75) is 25.8 Å². The van der Waals surface area contributed by atoms with E-state index in [0.717, 1.165) is 6.54 Å². The van der Waals surface area contributed by atoms with Gasteiger partial charge >= 0.3 is 0 Å². The number of halogens is 1. The Morgan fingerprint density at radius 1 is 1.47 bits per heavy atom. The van der Waals surface area contributed by atoms with Gasteiger partial charge < -0.3 is 16.0 Å². The minimum atomic E-state index is 0.292. The van der Waals surface area contributed by atoms with E-state index in [1.807, 2.05) is 0 Å². The number of rotatable bonds is 4. The summed E-state index contributed by atoms with van der Waals surface area (Å²) in [7, 11) is 0. The number of nitrogen functional groups attached to an aromatic ring is 1. The minimum absolute atomic E-state index is 0.292. The molecule has 1 saturated heterocycles. The second kappa shape index (κ2) is 5.51. The van der Waals surface area contributed by atoms with Gasteiger partial charge in [-0.05, 0) is 32.9 Å². The molecule has 2 heterocycles. The Hall–Kier alpha value is -1.07. The quantitative estimate of drug-likeness (QED) is 0.856. The van der Waals surface area contributed by atoms with E-state index in [9.17, 15) is 0 Å². The molecule has 6 heteroatoms. The van der Waals surface area contributed by atoms with Gasteiger partial charge in [0.25, 0.3) is 0 Å². The van der Waals surface area contributed by atoms with E-state index in [0.29, 0.717) is 22.7 Å². The highest BCUT2D eigenvalue weighted by atomic mass is 35.5. The molecule has 1 unspecified atom stereocenters. The molecule has 1 aromatic rings. The van der Waals surface area contributed by atoms with Crippen LogP contribution in [0, 0.1) is 0 Å². The Morgan fingerprint density at radius 3 is 2.88 bits per heavy atom. The van der Waals surface area contributed by atoms with Crippen molar-refractivity contribution in [3.05, 3.63) is 11.3 Å². The fourth-order valence-electron chi connectivity index (χ4n) is 2.12. The van der Waals surface area contributed by atoms with Crippen LogP contribution in [0.15, 0.2) is 6.33 Å². The average Bonchev–Trinajstić information content (AvgIpc) is 2.77. The van der Waals surface area contributed by atoms with Crippen molar-refractivity contribution in [3.63, 3.8) is 0 Å². The maximum absolute atomic E-state index is 6.03. The summed E-state index contributed by atoms with van der Waals surface area (Å²) < 4.78 is 0. The number of hydrogen-bond acceptors (Lipinski definition) is 5. The number of nitrogens with zero attached hydrogens (tertiary/aromatic N) is 3. The van der Waals surface area contributed by atoms with Crippen molar-refractivity contribution in [3.8, 4) is 0 Å². The molecule has 0 radical (unpaired) electrons. The van der Waals surface area contributed by atoms with E-state index in [1.54, 1.807) is 0 Å². The van der Waals surface area contributed by atoms with Gasteiger partial charge in [0.15, 0.2) is 5.82 Å². The average molecular weight is 256 g/mol. The van der Waals surface area contributed by atoms with Crippen LogP contribution >= 0.6 is 11.6 Å². The summed E-state index contributed by atoms with van der Waals surface area (Å²) in [6.07, 6.45) is 4.02. The van der Waals surface area contributed by atoms with E-state index < -0.39 is 0 Å². The second-order valence-corrected chi connectivity index (χ2v) is 4.85. The zero-order valence-electron chi connectivity index (χ0n) is 9.99. The van der Waals surface area contributed by atoms with Gasteiger partial charge in [0.2, 0.25) is 0 Å². The molecule has 0 aliphatic carbocycles. The maximum atomic E-state index is 6.03. The van der Waals surface area contributed by atoms with Crippen molar-refractivity contribution < 1.29 is 0 Å².